The predicted octanol–water partition coefficient (Wildman–Crippen LogP) is 1.37. The van der Waals surface area contributed by atoms with Crippen LogP contribution in [0.15, 0.2) is 17.4 Å². The molecule has 1 fully saturated rings. The van der Waals surface area contributed by atoms with E-state index < -0.39 is 5.60 Å². The quantitative estimate of drug-likeness (QED) is 0.332. The van der Waals surface area contributed by atoms with E-state index in [4.69, 9.17) is 4.74 Å². The number of hydrogen-bond donors (Lipinski definition) is 3. The minimum atomic E-state index is -1.04. The number of rotatable bonds is 7. The summed E-state index contributed by atoms with van der Waals surface area (Å²) in [6.45, 7) is 6.52. The van der Waals surface area contributed by atoms with E-state index in [0.29, 0.717) is 6.10 Å². The van der Waals surface area contributed by atoms with E-state index in [0.717, 1.165) is 50.5 Å². The lowest BCUT2D eigenvalue weighted by molar-refractivity contribution is 0.0671. The number of aryl methyl sites for hydroxylation is 1. The highest BCUT2D eigenvalue weighted by Crippen LogP contribution is 2.19. The molecular weight excluding hydrogens is 421 g/mol. The summed E-state index contributed by atoms with van der Waals surface area (Å²) in [4.78, 5) is 4.50. The van der Waals surface area contributed by atoms with Gasteiger partial charge in [0.05, 0.1) is 18.8 Å². The number of hydrogen-bond acceptors (Lipinski definition) is 4. The molecule has 0 radical (unpaired) electrons. The molecular formula is C16H30IN5O2. The Morgan fingerprint density at radius 2 is 2.33 bits per heavy atom. The molecule has 8 heteroatoms. The van der Waals surface area contributed by atoms with Crippen LogP contribution in [-0.4, -0.2) is 53.2 Å². The van der Waals surface area contributed by atoms with E-state index in [1.807, 2.05) is 20.2 Å². The van der Waals surface area contributed by atoms with Crippen LogP contribution >= 0.6 is 24.0 Å². The molecule has 0 saturated carbocycles. The van der Waals surface area contributed by atoms with Crippen molar-refractivity contribution in [2.75, 3.05) is 26.2 Å². The Kier molecular flexibility index (Phi) is 8.99. The molecule has 0 bridgehead atoms. The summed E-state index contributed by atoms with van der Waals surface area (Å²) in [7, 11) is 1.83. The summed E-state index contributed by atoms with van der Waals surface area (Å²) < 4.78 is 7.30. The Balaban J connectivity index is 0.00000288. The Bertz CT molecular complexity index is 512. The Hall–Kier alpha value is -0.870. The van der Waals surface area contributed by atoms with Crippen molar-refractivity contribution < 1.29 is 9.84 Å². The van der Waals surface area contributed by atoms with Crippen LogP contribution in [0.5, 0.6) is 0 Å². The third kappa shape index (κ3) is 6.56. The van der Waals surface area contributed by atoms with Gasteiger partial charge in [0.25, 0.3) is 0 Å². The lowest BCUT2D eigenvalue weighted by atomic mass is 10.0. The second kappa shape index (κ2) is 10.2. The van der Waals surface area contributed by atoms with Crippen LogP contribution in [0.3, 0.4) is 0 Å². The summed E-state index contributed by atoms with van der Waals surface area (Å²) in [5.41, 5.74) is -0.274. The molecule has 2 unspecified atom stereocenters. The Morgan fingerprint density at radius 1 is 1.54 bits per heavy atom. The summed E-state index contributed by atoms with van der Waals surface area (Å²) in [5, 5.41) is 21.2. The maximum atomic E-state index is 10.6. The first-order valence-electron chi connectivity index (χ1n) is 8.36. The number of nitrogens with zero attached hydrogens (tertiary/aromatic N) is 3. The highest BCUT2D eigenvalue weighted by molar-refractivity contribution is 14.0. The first-order valence-corrected chi connectivity index (χ1v) is 8.36. The van der Waals surface area contributed by atoms with E-state index >= 15 is 0 Å². The van der Waals surface area contributed by atoms with Gasteiger partial charge in [-0.25, -0.2) is 4.99 Å². The number of ether oxygens (including phenoxy) is 1. The SMILES string of the molecule is CCNC(=NCC(C)(O)c1cnn(C)c1)NCCC1CCCO1.I. The van der Waals surface area contributed by atoms with Gasteiger partial charge in [-0.05, 0) is 33.1 Å². The molecule has 0 aliphatic carbocycles. The third-order valence-electron chi connectivity index (χ3n) is 4.00. The highest BCUT2D eigenvalue weighted by atomic mass is 127. The number of nitrogens with one attached hydrogen (secondary N) is 2. The summed E-state index contributed by atoms with van der Waals surface area (Å²) >= 11 is 0. The van der Waals surface area contributed by atoms with Crippen molar-refractivity contribution in [1.82, 2.24) is 20.4 Å². The van der Waals surface area contributed by atoms with Gasteiger partial charge in [-0.1, -0.05) is 0 Å². The molecule has 0 aromatic carbocycles. The van der Waals surface area contributed by atoms with Gasteiger partial charge in [-0.15, -0.1) is 24.0 Å². The van der Waals surface area contributed by atoms with Crippen LogP contribution in [0.25, 0.3) is 0 Å². The molecule has 1 saturated heterocycles. The van der Waals surface area contributed by atoms with Crippen LogP contribution < -0.4 is 10.6 Å². The fourth-order valence-corrected chi connectivity index (χ4v) is 2.59. The molecule has 1 aromatic heterocycles. The zero-order chi connectivity index (χ0) is 16.7. The standard InChI is InChI=1S/C16H29N5O2.HI/c1-4-17-15(18-8-7-14-6-5-9-23-14)19-12-16(2,22)13-10-20-21(3)11-13;/h10-11,14,22H,4-9,12H2,1-3H3,(H2,17,18,19);1H. The van der Waals surface area contributed by atoms with Gasteiger partial charge in [0, 0.05) is 38.5 Å². The maximum absolute atomic E-state index is 10.6. The number of aromatic nitrogens is 2. The number of guanidine groups is 1. The van der Waals surface area contributed by atoms with Crippen LogP contribution in [0.1, 0.15) is 38.7 Å². The highest BCUT2D eigenvalue weighted by Gasteiger charge is 2.24. The first-order chi connectivity index (χ1) is 11.0. The average molecular weight is 451 g/mol. The van der Waals surface area contributed by atoms with E-state index in [-0.39, 0.29) is 30.5 Å². The van der Waals surface area contributed by atoms with Crippen molar-refractivity contribution >= 4 is 29.9 Å². The van der Waals surface area contributed by atoms with Crippen molar-refractivity contribution in [3.8, 4) is 0 Å². The molecule has 2 heterocycles. The van der Waals surface area contributed by atoms with Crippen molar-refractivity contribution in [3.05, 3.63) is 18.0 Å². The fraction of sp³-hybridized carbons (Fsp3) is 0.750. The summed E-state index contributed by atoms with van der Waals surface area (Å²) in [5.74, 6) is 0.717. The molecule has 7 nitrogen and oxygen atoms in total. The molecule has 1 aromatic rings. The predicted molar refractivity (Wildman–Crippen MR) is 106 cm³/mol. The third-order valence-corrected chi connectivity index (χ3v) is 4.00. The second-order valence-electron chi connectivity index (χ2n) is 6.22. The molecule has 0 amide bonds. The minimum absolute atomic E-state index is 0. The molecule has 2 atom stereocenters. The number of aliphatic imine (C=N–C) groups is 1. The lowest BCUT2D eigenvalue weighted by Gasteiger charge is -2.20. The largest absolute Gasteiger partial charge is 0.383 e. The molecule has 3 N–H and O–H groups in total. The average Bonchev–Trinajstić information content (AvgIpc) is 3.16. The molecule has 1 aliphatic heterocycles. The van der Waals surface area contributed by atoms with Crippen molar-refractivity contribution in [2.45, 2.75) is 44.8 Å². The van der Waals surface area contributed by atoms with Crippen LogP contribution in [-0.2, 0) is 17.4 Å². The first kappa shape index (κ1) is 21.2. The zero-order valence-electron chi connectivity index (χ0n) is 14.8. The Labute approximate surface area is 161 Å². The summed E-state index contributed by atoms with van der Waals surface area (Å²) in [6.07, 6.45) is 7.13. The molecule has 1 aliphatic rings. The van der Waals surface area contributed by atoms with Crippen molar-refractivity contribution in [3.63, 3.8) is 0 Å². The van der Waals surface area contributed by atoms with E-state index in [9.17, 15) is 5.11 Å². The molecule has 138 valence electrons. The zero-order valence-corrected chi connectivity index (χ0v) is 17.1. The molecule has 24 heavy (non-hydrogen) atoms. The minimum Gasteiger partial charge on any atom is -0.383 e. The van der Waals surface area contributed by atoms with Gasteiger partial charge in [-0.2, -0.15) is 5.10 Å². The van der Waals surface area contributed by atoms with E-state index in [1.165, 1.54) is 0 Å². The monoisotopic (exact) mass is 451 g/mol. The van der Waals surface area contributed by atoms with E-state index in [1.54, 1.807) is 17.8 Å². The number of halogens is 1. The topological polar surface area (TPSA) is 83.7 Å². The van der Waals surface area contributed by atoms with Crippen molar-refractivity contribution in [1.29, 1.82) is 0 Å². The maximum Gasteiger partial charge on any atom is 0.191 e. The van der Waals surface area contributed by atoms with Crippen LogP contribution in [0.2, 0.25) is 0 Å². The second-order valence-corrected chi connectivity index (χ2v) is 6.22. The molecule has 2 rings (SSSR count). The van der Waals surface area contributed by atoms with Gasteiger partial charge >= 0.3 is 0 Å². The van der Waals surface area contributed by atoms with Crippen LogP contribution in [0, 0.1) is 0 Å². The van der Waals surface area contributed by atoms with Gasteiger partial charge in [-0.3, -0.25) is 4.68 Å². The van der Waals surface area contributed by atoms with Gasteiger partial charge in [0.1, 0.15) is 5.60 Å². The van der Waals surface area contributed by atoms with Gasteiger partial charge < -0.3 is 20.5 Å². The van der Waals surface area contributed by atoms with Crippen molar-refractivity contribution in [2.24, 2.45) is 12.0 Å². The van der Waals surface area contributed by atoms with Gasteiger partial charge in [0.2, 0.25) is 0 Å². The fourth-order valence-electron chi connectivity index (χ4n) is 2.59. The normalized spacial score (nSPS) is 20.3. The number of aliphatic hydroxyl groups is 1. The Morgan fingerprint density at radius 3 is 2.92 bits per heavy atom. The van der Waals surface area contributed by atoms with Crippen LogP contribution in [0.4, 0.5) is 0 Å². The van der Waals surface area contributed by atoms with E-state index in [2.05, 4.69) is 20.7 Å². The van der Waals surface area contributed by atoms with Gasteiger partial charge in [0.15, 0.2) is 5.96 Å². The summed E-state index contributed by atoms with van der Waals surface area (Å²) in [6, 6.07) is 0. The smallest absolute Gasteiger partial charge is 0.191 e. The lowest BCUT2D eigenvalue weighted by Crippen LogP contribution is -2.40. The molecule has 0 spiro atoms.